The summed E-state index contributed by atoms with van der Waals surface area (Å²) in [6, 6.07) is 7.44. The molecular weight excluding hydrogens is 194 g/mol. The molecule has 5 heteroatoms. The normalized spacial score (nSPS) is 11.7. The van der Waals surface area contributed by atoms with Crippen LogP contribution in [0.15, 0.2) is 30.5 Å². The molecule has 1 aromatic heterocycles. The summed E-state index contributed by atoms with van der Waals surface area (Å²) in [5, 5.41) is 10.9. The molecule has 0 spiro atoms. The number of para-hydroxylation sites is 2. The molecule has 0 bridgehead atoms. The summed E-state index contributed by atoms with van der Waals surface area (Å²) in [5.74, 6) is 0. The highest BCUT2D eigenvalue weighted by Gasteiger charge is 2.00. The maximum Gasteiger partial charge on any atom is 0.260 e. The van der Waals surface area contributed by atoms with E-state index in [-0.39, 0.29) is 0 Å². The molecule has 0 unspecified atom stereocenters. The van der Waals surface area contributed by atoms with Gasteiger partial charge in [0.15, 0.2) is 5.69 Å². The first-order valence-electron chi connectivity index (χ1n) is 4.37. The molecule has 0 atom stereocenters. The molecule has 0 N–H and O–H groups in total. The Labute approximate surface area is 86.2 Å². The monoisotopic (exact) mass is 203 g/mol. The number of hydrogen-bond donors (Lipinski definition) is 0. The molecule has 0 aliphatic heterocycles. The fourth-order valence-corrected chi connectivity index (χ4v) is 1.19. The van der Waals surface area contributed by atoms with E-state index in [0.717, 1.165) is 11.0 Å². The summed E-state index contributed by atoms with van der Waals surface area (Å²) in [7, 11) is 1.29. The third-order valence-corrected chi connectivity index (χ3v) is 1.88. The van der Waals surface area contributed by atoms with Crippen molar-refractivity contribution in [2.24, 2.45) is 0 Å². The quantitative estimate of drug-likeness (QED) is 0.417. The number of fused-ring (bicyclic) bond motifs is 1. The van der Waals surface area contributed by atoms with Crippen LogP contribution in [0, 0.1) is 5.21 Å². The second-order valence-electron chi connectivity index (χ2n) is 2.88. The van der Waals surface area contributed by atoms with Crippen LogP contribution in [0.4, 0.5) is 0 Å². The topological polar surface area (TPSA) is 61.1 Å². The summed E-state index contributed by atoms with van der Waals surface area (Å²) in [6.07, 6.45) is 2.74. The summed E-state index contributed by atoms with van der Waals surface area (Å²) in [5.41, 5.74) is 2.01. The molecule has 1 aromatic carbocycles. The third-order valence-electron chi connectivity index (χ3n) is 1.88. The average molecular weight is 203 g/mol. The highest BCUT2D eigenvalue weighted by molar-refractivity contribution is 5.79. The standard InChI is InChI=1S/C10H9N3O2/c1-15-13(14)7-8-6-11-9-4-2-3-5-10(9)12-8/h2-7H,1H3/b13-7+. The Hall–Kier alpha value is -2.17. The first-order chi connectivity index (χ1) is 7.29. The molecule has 15 heavy (non-hydrogen) atoms. The summed E-state index contributed by atoms with van der Waals surface area (Å²) in [6.45, 7) is 0. The van der Waals surface area contributed by atoms with E-state index < -0.39 is 0 Å². The molecule has 1 heterocycles. The van der Waals surface area contributed by atoms with Gasteiger partial charge in [0.2, 0.25) is 0 Å². The second-order valence-corrected chi connectivity index (χ2v) is 2.88. The largest absolute Gasteiger partial charge is 0.407 e. The minimum absolute atomic E-state index is 0.332. The lowest BCUT2D eigenvalue weighted by Crippen LogP contribution is -2.05. The van der Waals surface area contributed by atoms with Gasteiger partial charge in [0, 0.05) is 12.0 Å². The van der Waals surface area contributed by atoms with Crippen molar-refractivity contribution in [3.63, 3.8) is 0 Å². The predicted octanol–water partition coefficient (Wildman–Crippen LogP) is 1.12. The molecule has 0 saturated carbocycles. The zero-order valence-corrected chi connectivity index (χ0v) is 8.12. The van der Waals surface area contributed by atoms with Crippen molar-refractivity contribution >= 4 is 17.2 Å². The zero-order chi connectivity index (χ0) is 10.7. The Bertz CT molecular complexity index is 511. The van der Waals surface area contributed by atoms with E-state index in [2.05, 4.69) is 14.8 Å². The van der Waals surface area contributed by atoms with E-state index in [1.807, 2.05) is 24.3 Å². The maximum atomic E-state index is 10.9. The van der Waals surface area contributed by atoms with Crippen LogP contribution in [-0.4, -0.2) is 28.2 Å². The number of benzene rings is 1. The van der Waals surface area contributed by atoms with Gasteiger partial charge in [-0.1, -0.05) is 12.1 Å². The first kappa shape index (κ1) is 9.39. The number of hydrogen-bond acceptors (Lipinski definition) is 4. The van der Waals surface area contributed by atoms with Crippen LogP contribution >= 0.6 is 0 Å². The molecule has 5 nitrogen and oxygen atoms in total. The average Bonchev–Trinajstić information content (AvgIpc) is 2.29. The molecule has 2 rings (SSSR count). The number of aromatic nitrogens is 2. The van der Waals surface area contributed by atoms with Crippen LogP contribution < -0.4 is 0 Å². The molecule has 0 aliphatic rings. The van der Waals surface area contributed by atoms with Gasteiger partial charge in [0.25, 0.3) is 6.21 Å². The smallest absolute Gasteiger partial charge is 0.260 e. The molecule has 0 amide bonds. The van der Waals surface area contributed by atoms with Crippen LogP contribution in [0.3, 0.4) is 0 Å². The van der Waals surface area contributed by atoms with Crippen LogP contribution in [0.2, 0.25) is 0 Å². The van der Waals surface area contributed by atoms with Crippen molar-refractivity contribution < 1.29 is 9.74 Å². The molecule has 0 fully saturated rings. The van der Waals surface area contributed by atoms with Crippen LogP contribution in [0.5, 0.6) is 0 Å². The Balaban J connectivity index is 2.47. The lowest BCUT2D eigenvalue weighted by atomic mass is 10.3. The van der Waals surface area contributed by atoms with Crippen LogP contribution in [-0.2, 0) is 4.84 Å². The second kappa shape index (κ2) is 3.91. The van der Waals surface area contributed by atoms with Crippen LogP contribution in [0.25, 0.3) is 11.0 Å². The van der Waals surface area contributed by atoms with E-state index >= 15 is 0 Å². The van der Waals surface area contributed by atoms with Gasteiger partial charge in [0.1, 0.15) is 0 Å². The maximum absolute atomic E-state index is 10.9. The number of rotatable bonds is 2. The summed E-state index contributed by atoms with van der Waals surface area (Å²) in [4.78, 5) is 13.1. The SMILES string of the molecule is CO/[N+]([O-])=C/c1cnc2ccccc2n1. The summed E-state index contributed by atoms with van der Waals surface area (Å²) >= 11 is 0. The molecule has 2 aromatic rings. The van der Waals surface area contributed by atoms with E-state index in [9.17, 15) is 5.21 Å². The van der Waals surface area contributed by atoms with Gasteiger partial charge < -0.3 is 4.84 Å². The van der Waals surface area contributed by atoms with Crippen molar-refractivity contribution in [3.05, 3.63) is 41.4 Å². The third kappa shape index (κ3) is 2.01. The van der Waals surface area contributed by atoms with Crippen molar-refractivity contribution in [1.82, 2.24) is 9.97 Å². The van der Waals surface area contributed by atoms with E-state index in [0.29, 0.717) is 10.6 Å². The molecule has 0 aliphatic carbocycles. The van der Waals surface area contributed by atoms with Crippen molar-refractivity contribution in [2.75, 3.05) is 7.11 Å². The van der Waals surface area contributed by atoms with E-state index in [1.54, 1.807) is 0 Å². The van der Waals surface area contributed by atoms with Gasteiger partial charge in [-0.25, -0.2) is 4.98 Å². The Morgan fingerprint density at radius 1 is 1.33 bits per heavy atom. The lowest BCUT2D eigenvalue weighted by molar-refractivity contribution is -0.729. The molecule has 0 saturated heterocycles. The minimum Gasteiger partial charge on any atom is -0.407 e. The highest BCUT2D eigenvalue weighted by atomic mass is 16.8. The Morgan fingerprint density at radius 2 is 2.07 bits per heavy atom. The highest BCUT2D eigenvalue weighted by Crippen LogP contribution is 2.07. The fraction of sp³-hybridized carbons (Fsp3) is 0.100. The van der Waals surface area contributed by atoms with Gasteiger partial charge in [-0.05, 0) is 12.1 Å². The van der Waals surface area contributed by atoms with Crippen LogP contribution in [0.1, 0.15) is 5.69 Å². The van der Waals surface area contributed by atoms with E-state index in [1.165, 1.54) is 19.5 Å². The molecule has 76 valence electrons. The van der Waals surface area contributed by atoms with E-state index in [4.69, 9.17) is 0 Å². The predicted molar refractivity (Wildman–Crippen MR) is 55.3 cm³/mol. The van der Waals surface area contributed by atoms with Gasteiger partial charge in [0.05, 0.1) is 17.2 Å². The minimum atomic E-state index is 0.332. The van der Waals surface area contributed by atoms with Crippen molar-refractivity contribution in [1.29, 1.82) is 0 Å². The first-order valence-corrected chi connectivity index (χ1v) is 4.37. The summed E-state index contributed by atoms with van der Waals surface area (Å²) < 4.78 is 0. The fourth-order valence-electron chi connectivity index (χ4n) is 1.19. The number of nitrogens with zero attached hydrogens (tertiary/aromatic N) is 3. The Kier molecular flexibility index (Phi) is 2.45. The zero-order valence-electron chi connectivity index (χ0n) is 8.12. The Morgan fingerprint density at radius 3 is 2.80 bits per heavy atom. The molecule has 0 radical (unpaired) electrons. The molecular formula is C10H9N3O2. The van der Waals surface area contributed by atoms with Gasteiger partial charge >= 0.3 is 0 Å². The van der Waals surface area contributed by atoms with Gasteiger partial charge in [-0.2, -0.15) is 0 Å². The van der Waals surface area contributed by atoms with Gasteiger partial charge in [-0.3, -0.25) is 10.2 Å². The van der Waals surface area contributed by atoms with Crippen molar-refractivity contribution in [3.8, 4) is 0 Å². The van der Waals surface area contributed by atoms with Crippen molar-refractivity contribution in [2.45, 2.75) is 0 Å². The lowest BCUT2D eigenvalue weighted by Gasteiger charge is -1.97. The van der Waals surface area contributed by atoms with Gasteiger partial charge in [-0.15, -0.1) is 0 Å².